The number of hydrogen-bond acceptors (Lipinski definition) is 2. The Bertz CT molecular complexity index is 454. The van der Waals surface area contributed by atoms with E-state index in [0.717, 1.165) is 15.8 Å². The Balaban J connectivity index is 2.26. The highest BCUT2D eigenvalue weighted by Crippen LogP contribution is 2.44. The molecule has 1 unspecified atom stereocenters. The van der Waals surface area contributed by atoms with Gasteiger partial charge in [-0.25, -0.2) is 0 Å². The number of hydrogen-bond donors (Lipinski definition) is 1. The van der Waals surface area contributed by atoms with Crippen LogP contribution in [0.2, 0.25) is 0 Å². The summed E-state index contributed by atoms with van der Waals surface area (Å²) in [5.41, 5.74) is 0.368. The third-order valence-corrected chi connectivity index (χ3v) is 3.89. The molecule has 0 saturated heterocycles. The molecule has 1 aromatic rings. The zero-order chi connectivity index (χ0) is 12.6. The summed E-state index contributed by atoms with van der Waals surface area (Å²) in [5.74, 6) is 0.246. The third-order valence-electron chi connectivity index (χ3n) is 3.20. The van der Waals surface area contributed by atoms with Crippen molar-refractivity contribution in [2.24, 2.45) is 5.41 Å². The Labute approximate surface area is 109 Å². The summed E-state index contributed by atoms with van der Waals surface area (Å²) >= 11 is 3.50. The van der Waals surface area contributed by atoms with Gasteiger partial charge in [-0.05, 0) is 32.4 Å². The molecule has 0 fully saturated rings. The first-order valence-corrected chi connectivity index (χ1v) is 6.36. The van der Waals surface area contributed by atoms with Crippen LogP contribution in [0.1, 0.15) is 31.7 Å². The summed E-state index contributed by atoms with van der Waals surface area (Å²) in [7, 11) is 0. The van der Waals surface area contributed by atoms with Gasteiger partial charge in [0.25, 0.3) is 0 Å². The van der Waals surface area contributed by atoms with Crippen molar-refractivity contribution in [1.82, 2.24) is 0 Å². The molecule has 2 rings (SSSR count). The largest absolute Gasteiger partial charge is 0.493 e. The Morgan fingerprint density at radius 3 is 2.94 bits per heavy atom. The number of carboxylic acids is 1. The second-order valence-electron chi connectivity index (χ2n) is 5.05. The first-order chi connectivity index (χ1) is 7.92. The second-order valence-corrected chi connectivity index (χ2v) is 5.91. The predicted molar refractivity (Wildman–Crippen MR) is 68.4 cm³/mol. The number of carboxylic acid groups (broad SMARTS) is 1. The van der Waals surface area contributed by atoms with Crippen LogP contribution < -0.4 is 4.74 Å². The van der Waals surface area contributed by atoms with Crippen molar-refractivity contribution in [2.45, 2.75) is 26.2 Å². The molecule has 0 spiro atoms. The molecule has 1 aliphatic heterocycles. The van der Waals surface area contributed by atoms with Gasteiger partial charge >= 0.3 is 5.97 Å². The number of halogens is 1. The van der Waals surface area contributed by atoms with Gasteiger partial charge in [-0.1, -0.05) is 22.0 Å². The van der Waals surface area contributed by atoms with Gasteiger partial charge in [0.1, 0.15) is 5.75 Å². The molecule has 0 bridgehead atoms. The molecule has 0 aromatic heterocycles. The van der Waals surface area contributed by atoms with Crippen molar-refractivity contribution < 1.29 is 14.6 Å². The van der Waals surface area contributed by atoms with E-state index < -0.39 is 11.4 Å². The second kappa shape index (κ2) is 4.33. The van der Waals surface area contributed by atoms with E-state index in [2.05, 4.69) is 15.9 Å². The van der Waals surface area contributed by atoms with Crippen LogP contribution in [0.15, 0.2) is 22.7 Å². The quantitative estimate of drug-likeness (QED) is 0.930. The number of carbonyl (C=O) groups is 1. The molecule has 1 aromatic carbocycles. The molecule has 4 heteroatoms. The molecule has 1 atom stereocenters. The zero-order valence-corrected chi connectivity index (χ0v) is 11.5. The van der Waals surface area contributed by atoms with Crippen molar-refractivity contribution in [3.8, 4) is 5.75 Å². The van der Waals surface area contributed by atoms with Crippen molar-refractivity contribution in [3.63, 3.8) is 0 Å². The van der Waals surface area contributed by atoms with Crippen molar-refractivity contribution >= 4 is 21.9 Å². The van der Waals surface area contributed by atoms with Gasteiger partial charge in [0.05, 0.1) is 12.0 Å². The molecule has 0 radical (unpaired) electrons. The van der Waals surface area contributed by atoms with E-state index in [0.29, 0.717) is 13.0 Å². The molecule has 0 amide bonds. The summed E-state index contributed by atoms with van der Waals surface area (Å²) in [6.45, 7) is 4.07. The lowest BCUT2D eigenvalue weighted by Crippen LogP contribution is -2.26. The molecule has 92 valence electrons. The fourth-order valence-electron chi connectivity index (χ4n) is 2.18. The molecular weight excluding hydrogens is 284 g/mol. The van der Waals surface area contributed by atoms with Crippen molar-refractivity contribution in [1.29, 1.82) is 0 Å². The molecule has 3 nitrogen and oxygen atoms in total. The van der Waals surface area contributed by atoms with E-state index in [1.807, 2.05) is 18.2 Å². The van der Waals surface area contributed by atoms with Gasteiger partial charge in [-0.2, -0.15) is 0 Å². The van der Waals surface area contributed by atoms with Crippen LogP contribution in [0.25, 0.3) is 0 Å². The summed E-state index contributed by atoms with van der Waals surface area (Å²) in [6.07, 6.45) is 0.581. The monoisotopic (exact) mass is 298 g/mol. The third kappa shape index (κ3) is 2.32. The molecule has 0 aliphatic carbocycles. The average molecular weight is 299 g/mol. The maximum absolute atomic E-state index is 11.2. The fourth-order valence-corrected chi connectivity index (χ4v) is 2.85. The Hall–Kier alpha value is -1.03. The molecule has 17 heavy (non-hydrogen) atoms. The van der Waals surface area contributed by atoms with Crippen LogP contribution in [0.5, 0.6) is 5.75 Å². The first kappa shape index (κ1) is 12.4. The van der Waals surface area contributed by atoms with Crippen LogP contribution in [0.3, 0.4) is 0 Å². The maximum Gasteiger partial charge on any atom is 0.309 e. The summed E-state index contributed by atoms with van der Waals surface area (Å²) in [5, 5.41) is 9.17. The minimum absolute atomic E-state index is 0.145. The number of benzene rings is 1. The van der Waals surface area contributed by atoms with Crippen LogP contribution in [0, 0.1) is 5.41 Å². The van der Waals surface area contributed by atoms with E-state index in [9.17, 15) is 4.79 Å². The lowest BCUT2D eigenvalue weighted by molar-refractivity contribution is -0.147. The summed E-state index contributed by atoms with van der Waals surface area (Å²) in [4.78, 5) is 11.2. The molecular formula is C13H15BrO3. The van der Waals surface area contributed by atoms with Crippen LogP contribution in [-0.2, 0) is 4.79 Å². The van der Waals surface area contributed by atoms with Gasteiger partial charge in [0.2, 0.25) is 0 Å². The van der Waals surface area contributed by atoms with E-state index in [4.69, 9.17) is 9.84 Å². The summed E-state index contributed by atoms with van der Waals surface area (Å²) in [6, 6.07) is 5.82. The Morgan fingerprint density at radius 1 is 1.59 bits per heavy atom. The highest BCUT2D eigenvalue weighted by Gasteiger charge is 2.36. The normalized spacial score (nSPS) is 18.6. The predicted octanol–water partition coefficient (Wildman–Crippen LogP) is 3.43. The first-order valence-electron chi connectivity index (χ1n) is 5.56. The van der Waals surface area contributed by atoms with Crippen molar-refractivity contribution in [2.75, 3.05) is 6.61 Å². The van der Waals surface area contributed by atoms with Crippen LogP contribution in [-0.4, -0.2) is 17.7 Å². The van der Waals surface area contributed by atoms with E-state index in [-0.39, 0.29) is 5.92 Å². The Kier molecular flexibility index (Phi) is 3.17. The summed E-state index contributed by atoms with van der Waals surface area (Å²) < 4.78 is 6.59. The average Bonchev–Trinajstić information content (AvgIpc) is 2.62. The maximum atomic E-state index is 11.2. The highest BCUT2D eigenvalue weighted by molar-refractivity contribution is 9.10. The van der Waals surface area contributed by atoms with Crippen LogP contribution >= 0.6 is 15.9 Å². The van der Waals surface area contributed by atoms with E-state index in [1.54, 1.807) is 13.8 Å². The lowest BCUT2D eigenvalue weighted by Gasteiger charge is -2.22. The minimum atomic E-state index is -0.766. The van der Waals surface area contributed by atoms with Crippen LogP contribution in [0.4, 0.5) is 0 Å². The van der Waals surface area contributed by atoms with Gasteiger partial charge in [0.15, 0.2) is 0 Å². The number of aliphatic carboxylic acids is 1. The standard InChI is InChI=1S/C13H15BrO3/c1-13(2,12(15)16)6-8-7-17-10-5-3-4-9(14)11(8)10/h3-5,8H,6-7H2,1-2H3,(H,15,16). The van der Waals surface area contributed by atoms with Gasteiger partial charge < -0.3 is 9.84 Å². The van der Waals surface area contributed by atoms with Crippen molar-refractivity contribution in [3.05, 3.63) is 28.2 Å². The van der Waals surface area contributed by atoms with Gasteiger partial charge in [0, 0.05) is 16.0 Å². The zero-order valence-electron chi connectivity index (χ0n) is 9.87. The number of rotatable bonds is 3. The van der Waals surface area contributed by atoms with Gasteiger partial charge in [-0.15, -0.1) is 0 Å². The topological polar surface area (TPSA) is 46.5 Å². The SMILES string of the molecule is CC(C)(CC1COc2cccc(Br)c21)C(=O)O. The minimum Gasteiger partial charge on any atom is -0.493 e. The number of fused-ring (bicyclic) bond motifs is 1. The van der Waals surface area contributed by atoms with Gasteiger partial charge in [-0.3, -0.25) is 4.79 Å². The molecule has 1 heterocycles. The highest BCUT2D eigenvalue weighted by atomic mass is 79.9. The Morgan fingerprint density at radius 2 is 2.29 bits per heavy atom. The lowest BCUT2D eigenvalue weighted by atomic mass is 9.81. The molecule has 1 N–H and O–H groups in total. The fraction of sp³-hybridized carbons (Fsp3) is 0.462. The smallest absolute Gasteiger partial charge is 0.309 e. The number of ether oxygens (including phenoxy) is 1. The van der Waals surface area contributed by atoms with E-state index in [1.165, 1.54) is 0 Å². The van der Waals surface area contributed by atoms with E-state index >= 15 is 0 Å². The molecule has 0 saturated carbocycles. The molecule has 1 aliphatic rings.